The molecule has 0 spiro atoms. The number of fused-ring (bicyclic) bond motifs is 2. The Bertz CT molecular complexity index is 1150. The number of hydrazine groups is 2. The molecular weight excluding hydrogens is 342 g/mol. The van der Waals surface area contributed by atoms with Crippen LogP contribution < -0.4 is 16.0 Å². The highest BCUT2D eigenvalue weighted by Gasteiger charge is 2.25. The Kier molecular flexibility index (Phi) is 3.44. The highest BCUT2D eigenvalue weighted by atomic mass is 16.3. The van der Waals surface area contributed by atoms with E-state index in [0.717, 1.165) is 22.0 Å². The van der Waals surface area contributed by atoms with Crippen molar-refractivity contribution in [2.45, 2.75) is 6.54 Å². The average Bonchev–Trinajstić information content (AvgIpc) is 3.28. The maximum absolute atomic E-state index is 10.4. The lowest BCUT2D eigenvalue weighted by molar-refractivity contribution is 0.477. The fourth-order valence-electron chi connectivity index (χ4n) is 3.23. The van der Waals surface area contributed by atoms with Crippen LogP contribution in [0, 0.1) is 0 Å². The minimum atomic E-state index is 0.136. The largest absolute Gasteiger partial charge is 0.506 e. The second kappa shape index (κ2) is 5.96. The van der Waals surface area contributed by atoms with E-state index in [0.29, 0.717) is 23.7 Å². The van der Waals surface area contributed by atoms with E-state index in [9.17, 15) is 5.11 Å². The van der Waals surface area contributed by atoms with E-state index >= 15 is 0 Å². The molecule has 134 valence electrons. The van der Waals surface area contributed by atoms with Crippen molar-refractivity contribution in [3.63, 3.8) is 0 Å². The van der Waals surface area contributed by atoms with Crippen molar-refractivity contribution in [2.75, 3.05) is 10.4 Å². The lowest BCUT2D eigenvalue weighted by Gasteiger charge is -2.17. The van der Waals surface area contributed by atoms with Crippen LogP contribution in [0.1, 0.15) is 5.56 Å². The van der Waals surface area contributed by atoms with Crippen molar-refractivity contribution in [3.05, 3.63) is 60.6 Å². The molecule has 4 aromatic rings. The maximum atomic E-state index is 10.4. The summed E-state index contributed by atoms with van der Waals surface area (Å²) >= 11 is 0. The first-order chi connectivity index (χ1) is 13.2. The molecule has 1 aromatic carbocycles. The number of pyridine rings is 2. The van der Waals surface area contributed by atoms with Crippen molar-refractivity contribution in [1.82, 2.24) is 25.3 Å². The Morgan fingerprint density at radius 3 is 2.96 bits per heavy atom. The van der Waals surface area contributed by atoms with E-state index in [-0.39, 0.29) is 5.75 Å². The summed E-state index contributed by atoms with van der Waals surface area (Å²) in [5.41, 5.74) is 10.2. The highest BCUT2D eigenvalue weighted by Crippen LogP contribution is 2.38. The van der Waals surface area contributed by atoms with Gasteiger partial charge in [-0.25, -0.2) is 4.98 Å². The van der Waals surface area contributed by atoms with Gasteiger partial charge < -0.3 is 5.11 Å². The molecule has 8 heteroatoms. The molecule has 4 heterocycles. The third-order valence-corrected chi connectivity index (χ3v) is 4.56. The molecule has 5 rings (SSSR count). The SMILES string of the molecule is Cn1cc(-c2cc(O)c3c(n2)N(Cc2ccc4ncccc4c2)NN3)cn1. The van der Waals surface area contributed by atoms with E-state index in [1.807, 2.05) is 42.5 Å². The van der Waals surface area contributed by atoms with Gasteiger partial charge >= 0.3 is 0 Å². The average molecular weight is 359 g/mol. The molecule has 27 heavy (non-hydrogen) atoms. The lowest BCUT2D eigenvalue weighted by atomic mass is 10.1. The quantitative estimate of drug-likeness (QED) is 0.518. The van der Waals surface area contributed by atoms with Gasteiger partial charge in [-0.2, -0.15) is 5.10 Å². The van der Waals surface area contributed by atoms with Gasteiger partial charge in [0.2, 0.25) is 0 Å². The van der Waals surface area contributed by atoms with Crippen LogP contribution in [0.3, 0.4) is 0 Å². The third kappa shape index (κ3) is 2.72. The first kappa shape index (κ1) is 15.6. The van der Waals surface area contributed by atoms with Crippen molar-refractivity contribution in [3.8, 4) is 17.0 Å². The molecule has 1 aliphatic rings. The van der Waals surface area contributed by atoms with Crippen molar-refractivity contribution < 1.29 is 5.11 Å². The van der Waals surface area contributed by atoms with E-state index in [4.69, 9.17) is 4.98 Å². The van der Waals surface area contributed by atoms with E-state index in [1.54, 1.807) is 23.1 Å². The maximum Gasteiger partial charge on any atom is 0.174 e. The Morgan fingerprint density at radius 2 is 2.11 bits per heavy atom. The number of aromatic nitrogens is 4. The van der Waals surface area contributed by atoms with Crippen LogP contribution in [-0.2, 0) is 13.6 Å². The van der Waals surface area contributed by atoms with Crippen LogP contribution in [0.15, 0.2) is 55.0 Å². The number of hydrogen-bond donors (Lipinski definition) is 3. The molecule has 0 unspecified atom stereocenters. The van der Waals surface area contributed by atoms with E-state index < -0.39 is 0 Å². The predicted octanol–water partition coefficient (Wildman–Crippen LogP) is 2.59. The number of nitrogens with zero attached hydrogens (tertiary/aromatic N) is 5. The van der Waals surface area contributed by atoms with Crippen molar-refractivity contribution >= 4 is 22.4 Å². The molecule has 0 aliphatic carbocycles. The molecule has 0 saturated carbocycles. The smallest absolute Gasteiger partial charge is 0.174 e. The summed E-state index contributed by atoms with van der Waals surface area (Å²) in [5, 5.41) is 17.5. The van der Waals surface area contributed by atoms with Gasteiger partial charge in [-0.3, -0.25) is 20.1 Å². The zero-order chi connectivity index (χ0) is 18.4. The number of rotatable bonds is 3. The number of aromatic hydroxyl groups is 1. The molecule has 0 radical (unpaired) electrons. The Labute approximate surface area is 155 Å². The normalized spacial score (nSPS) is 13.0. The second-order valence-corrected chi connectivity index (χ2v) is 6.48. The summed E-state index contributed by atoms with van der Waals surface area (Å²) in [5.74, 6) is 0.775. The van der Waals surface area contributed by atoms with Gasteiger partial charge in [0.15, 0.2) is 5.82 Å². The molecule has 1 aliphatic heterocycles. The lowest BCUT2D eigenvalue weighted by Crippen LogP contribution is -2.35. The summed E-state index contributed by atoms with van der Waals surface area (Å²) in [4.78, 5) is 9.07. The van der Waals surface area contributed by atoms with Crippen LogP contribution >= 0.6 is 0 Å². The molecule has 8 nitrogen and oxygen atoms in total. The molecule has 0 saturated heterocycles. The summed E-state index contributed by atoms with van der Waals surface area (Å²) in [7, 11) is 1.85. The van der Waals surface area contributed by atoms with Crippen LogP contribution in [-0.4, -0.2) is 24.9 Å². The Morgan fingerprint density at radius 1 is 1.19 bits per heavy atom. The summed E-state index contributed by atoms with van der Waals surface area (Å²) < 4.78 is 1.71. The van der Waals surface area contributed by atoms with Crippen molar-refractivity contribution in [2.24, 2.45) is 7.05 Å². The van der Waals surface area contributed by atoms with Gasteiger partial charge in [0.25, 0.3) is 0 Å². The highest BCUT2D eigenvalue weighted by molar-refractivity contribution is 5.81. The molecule has 3 aromatic heterocycles. The fraction of sp³-hybridized carbons (Fsp3) is 0.105. The van der Waals surface area contributed by atoms with Gasteiger partial charge in [-0.1, -0.05) is 12.1 Å². The third-order valence-electron chi connectivity index (χ3n) is 4.56. The van der Waals surface area contributed by atoms with Gasteiger partial charge in [0.05, 0.1) is 24.0 Å². The van der Waals surface area contributed by atoms with Crippen LogP contribution in [0.4, 0.5) is 11.5 Å². The minimum Gasteiger partial charge on any atom is -0.506 e. The first-order valence-corrected chi connectivity index (χ1v) is 8.53. The fourth-order valence-corrected chi connectivity index (χ4v) is 3.23. The zero-order valence-electron chi connectivity index (χ0n) is 14.6. The number of benzene rings is 1. The van der Waals surface area contributed by atoms with Crippen molar-refractivity contribution in [1.29, 1.82) is 0 Å². The Hall–Kier alpha value is -3.65. The molecule has 3 N–H and O–H groups in total. The summed E-state index contributed by atoms with van der Waals surface area (Å²) in [6, 6.07) is 11.8. The molecular formula is C19H17N7O. The number of anilines is 2. The summed E-state index contributed by atoms with van der Waals surface area (Å²) in [6.45, 7) is 0.577. The Balaban J connectivity index is 1.50. The number of hydrogen-bond acceptors (Lipinski definition) is 7. The first-order valence-electron chi connectivity index (χ1n) is 8.53. The predicted molar refractivity (Wildman–Crippen MR) is 103 cm³/mol. The van der Waals surface area contributed by atoms with Crippen LogP contribution in [0.5, 0.6) is 5.75 Å². The van der Waals surface area contributed by atoms with Crippen LogP contribution in [0.25, 0.3) is 22.2 Å². The van der Waals surface area contributed by atoms with E-state index in [1.165, 1.54) is 0 Å². The monoisotopic (exact) mass is 359 g/mol. The van der Waals surface area contributed by atoms with Gasteiger partial charge in [-0.15, -0.1) is 5.53 Å². The van der Waals surface area contributed by atoms with Gasteiger partial charge in [-0.05, 0) is 23.8 Å². The number of nitrogens with one attached hydrogen (secondary N) is 2. The minimum absolute atomic E-state index is 0.136. The molecule has 0 bridgehead atoms. The van der Waals surface area contributed by atoms with E-state index in [2.05, 4.69) is 27.1 Å². The van der Waals surface area contributed by atoms with Crippen LogP contribution in [0.2, 0.25) is 0 Å². The standard InChI is InChI=1S/C19H17N7O/c1-25-11-14(9-21-25)16-8-17(27)18-19(22-16)26(24-23-18)10-12-4-5-15-13(7-12)3-2-6-20-15/h2-9,11,23-24H,10H2,1H3,(H,22,27). The zero-order valence-corrected chi connectivity index (χ0v) is 14.6. The van der Waals surface area contributed by atoms with Gasteiger partial charge in [0.1, 0.15) is 11.4 Å². The second-order valence-electron chi connectivity index (χ2n) is 6.48. The topological polar surface area (TPSA) is 91.1 Å². The molecule has 0 atom stereocenters. The van der Waals surface area contributed by atoms with Gasteiger partial charge in [0, 0.05) is 36.5 Å². The molecule has 0 fully saturated rings. The summed E-state index contributed by atoms with van der Waals surface area (Å²) in [6.07, 6.45) is 5.38. The molecule has 0 amide bonds. The number of aryl methyl sites for hydroxylation is 1.